The Morgan fingerprint density at radius 1 is 0.733 bits per heavy atom. The summed E-state index contributed by atoms with van der Waals surface area (Å²) in [5.74, 6) is -0.686. The highest BCUT2D eigenvalue weighted by Gasteiger charge is 2.26. The van der Waals surface area contributed by atoms with E-state index >= 15 is 0 Å². The summed E-state index contributed by atoms with van der Waals surface area (Å²) >= 11 is 0. The van der Waals surface area contributed by atoms with Crippen molar-refractivity contribution < 1.29 is 9.59 Å². The molecule has 154 valence electrons. The van der Waals surface area contributed by atoms with Crippen LogP contribution in [0.1, 0.15) is 69.4 Å². The third-order valence-corrected chi connectivity index (χ3v) is 5.50. The Hall–Kier alpha value is -3.27. The molecule has 3 aromatic rings. The molecule has 0 spiro atoms. The molecule has 0 aliphatic carbocycles. The predicted octanol–water partition coefficient (Wildman–Crippen LogP) is 5.12. The van der Waals surface area contributed by atoms with Crippen molar-refractivity contribution in [3.8, 4) is 0 Å². The van der Waals surface area contributed by atoms with Gasteiger partial charge in [0.25, 0.3) is 0 Å². The van der Waals surface area contributed by atoms with Crippen LogP contribution in [-0.2, 0) is 6.54 Å². The number of benzene rings is 2. The van der Waals surface area contributed by atoms with Gasteiger partial charge in [0, 0.05) is 29.1 Å². The lowest BCUT2D eigenvalue weighted by Gasteiger charge is -2.20. The molecule has 0 radical (unpaired) electrons. The van der Waals surface area contributed by atoms with Crippen molar-refractivity contribution in [1.29, 1.82) is 0 Å². The van der Waals surface area contributed by atoms with E-state index in [0.717, 1.165) is 19.3 Å². The van der Waals surface area contributed by atoms with Gasteiger partial charge < -0.3 is 4.57 Å². The van der Waals surface area contributed by atoms with Crippen LogP contribution in [0.15, 0.2) is 65.5 Å². The Balaban J connectivity index is 2.23. The van der Waals surface area contributed by atoms with Gasteiger partial charge in [-0.1, -0.05) is 80.4 Å². The lowest BCUT2D eigenvalue weighted by molar-refractivity contribution is 0.103. The molecule has 0 N–H and O–H groups in total. The second-order valence-corrected chi connectivity index (χ2v) is 7.50. The van der Waals surface area contributed by atoms with Gasteiger partial charge in [0.1, 0.15) is 0 Å². The van der Waals surface area contributed by atoms with Crippen molar-refractivity contribution in [2.45, 2.75) is 46.6 Å². The van der Waals surface area contributed by atoms with E-state index in [4.69, 9.17) is 0 Å². The van der Waals surface area contributed by atoms with E-state index in [2.05, 4.69) is 6.92 Å². The van der Waals surface area contributed by atoms with Crippen LogP contribution in [0.5, 0.6) is 0 Å². The summed E-state index contributed by atoms with van der Waals surface area (Å²) < 4.78 is 1.96. The van der Waals surface area contributed by atoms with Crippen LogP contribution in [0.2, 0.25) is 0 Å². The van der Waals surface area contributed by atoms with Crippen molar-refractivity contribution in [1.82, 2.24) is 4.57 Å². The average molecular weight is 402 g/mol. The Morgan fingerprint density at radius 2 is 1.17 bits per heavy atom. The van der Waals surface area contributed by atoms with Crippen LogP contribution in [0.25, 0.3) is 0 Å². The topological polar surface area (TPSA) is 56.1 Å². The molecule has 0 amide bonds. The molecule has 1 heterocycles. The highest BCUT2D eigenvalue weighted by Crippen LogP contribution is 2.19. The number of pyridine rings is 1. The second-order valence-electron chi connectivity index (χ2n) is 7.50. The van der Waals surface area contributed by atoms with Crippen LogP contribution in [0.3, 0.4) is 0 Å². The van der Waals surface area contributed by atoms with Gasteiger partial charge in [-0.05, 0) is 20.3 Å². The van der Waals surface area contributed by atoms with Crippen LogP contribution in [-0.4, -0.2) is 16.1 Å². The maximum absolute atomic E-state index is 13.5. The third-order valence-electron chi connectivity index (χ3n) is 5.50. The van der Waals surface area contributed by atoms with Crippen LogP contribution < -0.4 is 5.43 Å². The minimum Gasteiger partial charge on any atom is -0.347 e. The van der Waals surface area contributed by atoms with Gasteiger partial charge in [-0.2, -0.15) is 0 Å². The predicted molar refractivity (Wildman–Crippen MR) is 119 cm³/mol. The number of rotatable bonds is 8. The number of aromatic nitrogens is 1. The van der Waals surface area contributed by atoms with Crippen molar-refractivity contribution >= 4 is 11.6 Å². The fraction of sp³-hybridized carbons (Fsp3) is 0.269. The van der Waals surface area contributed by atoms with E-state index < -0.39 is 5.43 Å². The Morgan fingerprint density at radius 3 is 1.57 bits per heavy atom. The van der Waals surface area contributed by atoms with Gasteiger partial charge in [0.05, 0.1) is 11.1 Å². The SMILES string of the molecule is CCCCCn1c(C)c(C(=O)c2ccccc2)c(=O)c(C(=O)c2ccccc2)c1C. The first-order chi connectivity index (χ1) is 14.5. The number of carbonyl (C=O) groups excluding carboxylic acids is 2. The average Bonchev–Trinajstić information content (AvgIpc) is 2.77. The molecule has 0 bridgehead atoms. The smallest absolute Gasteiger partial charge is 0.204 e. The van der Waals surface area contributed by atoms with Gasteiger partial charge >= 0.3 is 0 Å². The quantitative estimate of drug-likeness (QED) is 0.389. The summed E-state index contributed by atoms with van der Waals surface area (Å²) in [5, 5.41) is 0. The summed E-state index contributed by atoms with van der Waals surface area (Å²) in [7, 11) is 0. The molecule has 2 aromatic carbocycles. The molecule has 0 atom stereocenters. The minimum atomic E-state index is -0.487. The lowest BCUT2D eigenvalue weighted by Crippen LogP contribution is -2.31. The van der Waals surface area contributed by atoms with Crippen LogP contribution >= 0.6 is 0 Å². The second kappa shape index (κ2) is 9.49. The normalized spacial score (nSPS) is 10.8. The van der Waals surface area contributed by atoms with E-state index in [0.29, 0.717) is 29.1 Å². The number of hydrogen-bond donors (Lipinski definition) is 0. The summed E-state index contributed by atoms with van der Waals surface area (Å²) in [5.41, 5.74) is 1.81. The highest BCUT2D eigenvalue weighted by molar-refractivity contribution is 6.13. The van der Waals surface area contributed by atoms with E-state index in [9.17, 15) is 14.4 Å². The molecular weight excluding hydrogens is 374 g/mol. The molecular formula is C26H27NO3. The molecule has 0 aliphatic heterocycles. The molecule has 0 aliphatic rings. The van der Waals surface area contributed by atoms with Crippen LogP contribution in [0.4, 0.5) is 0 Å². The standard InChI is InChI=1S/C26H27NO3/c1-4-5-12-17-27-18(2)22(24(28)20-13-8-6-9-14-20)26(30)23(19(27)3)25(29)21-15-10-7-11-16-21/h6-11,13-16H,4-5,12,17H2,1-3H3. The van der Waals surface area contributed by atoms with Crippen LogP contribution in [0, 0.1) is 13.8 Å². The van der Waals surface area contributed by atoms with E-state index in [1.54, 1.807) is 62.4 Å². The zero-order valence-corrected chi connectivity index (χ0v) is 17.8. The first kappa shape index (κ1) is 21.4. The van der Waals surface area contributed by atoms with Crippen molar-refractivity contribution in [2.24, 2.45) is 0 Å². The maximum atomic E-state index is 13.5. The molecule has 4 heteroatoms. The Kier molecular flexibility index (Phi) is 6.78. The molecule has 4 nitrogen and oxygen atoms in total. The molecule has 1 aromatic heterocycles. The molecule has 0 saturated heterocycles. The molecule has 30 heavy (non-hydrogen) atoms. The summed E-state index contributed by atoms with van der Waals surface area (Å²) in [6.07, 6.45) is 3.01. The van der Waals surface area contributed by atoms with E-state index in [1.165, 1.54) is 0 Å². The lowest BCUT2D eigenvalue weighted by atomic mass is 9.94. The Bertz CT molecular complexity index is 1030. The number of nitrogens with zero attached hydrogens (tertiary/aromatic N) is 1. The highest BCUT2D eigenvalue weighted by atomic mass is 16.1. The maximum Gasteiger partial charge on any atom is 0.204 e. The summed E-state index contributed by atoms with van der Waals surface area (Å²) in [4.78, 5) is 40.0. The third kappa shape index (κ3) is 4.18. The monoisotopic (exact) mass is 401 g/mol. The summed E-state index contributed by atoms with van der Waals surface area (Å²) in [6.45, 7) is 6.39. The molecule has 0 saturated carbocycles. The van der Waals surface area contributed by atoms with Gasteiger partial charge in [0.15, 0.2) is 11.6 Å². The number of ketones is 2. The Labute approximate surface area is 177 Å². The van der Waals surface area contributed by atoms with Gasteiger partial charge in [-0.3, -0.25) is 14.4 Å². The van der Waals surface area contributed by atoms with E-state index in [1.807, 2.05) is 16.7 Å². The first-order valence-corrected chi connectivity index (χ1v) is 10.4. The molecule has 3 rings (SSSR count). The zero-order chi connectivity index (χ0) is 21.7. The van der Waals surface area contributed by atoms with E-state index in [-0.39, 0.29) is 22.7 Å². The number of hydrogen-bond acceptors (Lipinski definition) is 3. The van der Waals surface area contributed by atoms with Gasteiger partial charge in [-0.25, -0.2) is 0 Å². The van der Waals surface area contributed by atoms with Crippen molar-refractivity contribution in [3.63, 3.8) is 0 Å². The minimum absolute atomic E-state index is 0.0857. The van der Waals surface area contributed by atoms with Crippen molar-refractivity contribution in [2.75, 3.05) is 0 Å². The molecule has 0 fully saturated rings. The largest absolute Gasteiger partial charge is 0.347 e. The fourth-order valence-electron chi connectivity index (χ4n) is 3.83. The first-order valence-electron chi connectivity index (χ1n) is 10.4. The fourth-order valence-corrected chi connectivity index (χ4v) is 3.83. The van der Waals surface area contributed by atoms with Gasteiger partial charge in [-0.15, -0.1) is 0 Å². The summed E-state index contributed by atoms with van der Waals surface area (Å²) in [6, 6.07) is 17.5. The molecule has 0 unspecified atom stereocenters. The number of unbranched alkanes of at least 4 members (excludes halogenated alkanes) is 2. The number of carbonyl (C=O) groups is 2. The van der Waals surface area contributed by atoms with Gasteiger partial charge in [0.2, 0.25) is 5.43 Å². The van der Waals surface area contributed by atoms with Crippen molar-refractivity contribution in [3.05, 3.63) is 105 Å². The zero-order valence-electron chi connectivity index (χ0n) is 17.8.